The molecule has 0 saturated carbocycles. The Bertz CT molecular complexity index is 1180. The van der Waals surface area contributed by atoms with E-state index in [0.717, 1.165) is 111 Å². The van der Waals surface area contributed by atoms with Crippen LogP contribution in [0.15, 0.2) is 12.2 Å². The van der Waals surface area contributed by atoms with E-state index < -0.39 is 24.1 Å². The van der Waals surface area contributed by atoms with Gasteiger partial charge in [0.2, 0.25) is 0 Å². The van der Waals surface area contributed by atoms with Crippen molar-refractivity contribution in [1.29, 1.82) is 0 Å². The quantitative estimate of drug-likeness (QED) is 0.144. The van der Waals surface area contributed by atoms with E-state index in [-0.39, 0.29) is 0 Å². The fourth-order valence-electron chi connectivity index (χ4n) is 5.06. The van der Waals surface area contributed by atoms with Crippen molar-refractivity contribution in [3.8, 4) is 11.8 Å². The number of hydrogen-bond acceptors (Lipinski definition) is 14. The summed E-state index contributed by atoms with van der Waals surface area (Å²) in [6, 6.07) is 0. The van der Waals surface area contributed by atoms with Crippen molar-refractivity contribution in [2.45, 2.75) is 77.4 Å². The zero-order chi connectivity index (χ0) is 31.3. The number of carbonyl (C=O) groups is 2. The Morgan fingerprint density at radius 1 is 0.727 bits per heavy atom. The number of rotatable bonds is 16. The van der Waals surface area contributed by atoms with Crippen molar-refractivity contribution in [2.24, 2.45) is 0 Å². The van der Waals surface area contributed by atoms with Crippen LogP contribution >= 0.6 is 23.5 Å². The Morgan fingerprint density at radius 2 is 1.16 bits per heavy atom. The largest absolute Gasteiger partial charge is 0.475 e. The van der Waals surface area contributed by atoms with E-state index in [1.165, 1.54) is 0 Å². The lowest BCUT2D eigenvalue weighted by Gasteiger charge is -2.22. The molecule has 2 unspecified atom stereocenters. The van der Waals surface area contributed by atoms with Gasteiger partial charge in [0.15, 0.2) is 0 Å². The molecule has 0 N–H and O–H groups in total. The molecule has 0 bridgehead atoms. The van der Waals surface area contributed by atoms with Gasteiger partial charge in [-0.1, -0.05) is 12.2 Å². The zero-order valence-electron chi connectivity index (χ0n) is 26.2. The van der Waals surface area contributed by atoms with Crippen LogP contribution in [0, 0.1) is 0 Å². The highest BCUT2D eigenvalue weighted by Crippen LogP contribution is 2.28. The Hall–Kier alpha value is -2.94. The molecule has 2 aromatic heterocycles. The summed E-state index contributed by atoms with van der Waals surface area (Å²) in [5, 5.41) is 0. The molecule has 0 aliphatic carbocycles. The summed E-state index contributed by atoms with van der Waals surface area (Å²) < 4.78 is 39.8. The van der Waals surface area contributed by atoms with Crippen LogP contribution in [0.4, 0.5) is 0 Å². The third-order valence-corrected chi connectivity index (χ3v) is 8.50. The average Bonchev–Trinajstić information content (AvgIpc) is 3.66. The first-order valence-electron chi connectivity index (χ1n) is 15.4. The van der Waals surface area contributed by atoms with Crippen molar-refractivity contribution >= 4 is 46.5 Å². The van der Waals surface area contributed by atoms with Gasteiger partial charge < -0.3 is 28.7 Å². The summed E-state index contributed by atoms with van der Waals surface area (Å²) >= 11 is 2.31. The van der Waals surface area contributed by atoms with Crippen LogP contribution in [0.1, 0.15) is 76.6 Å². The molecule has 2 aromatic rings. The Kier molecular flexibility index (Phi) is 13.5. The summed E-state index contributed by atoms with van der Waals surface area (Å²) in [7, 11) is 4.18. The number of unbranched alkanes of at least 4 members (excludes halogenated alkanes) is 2. The van der Waals surface area contributed by atoms with E-state index in [2.05, 4.69) is 53.5 Å². The number of nitrogens with zero attached hydrogens (tertiary/aromatic N) is 6. The minimum atomic E-state index is -0.959. The summed E-state index contributed by atoms with van der Waals surface area (Å²) in [4.78, 5) is 29.0. The van der Waals surface area contributed by atoms with Gasteiger partial charge in [-0.15, -0.1) is 8.75 Å². The fraction of sp³-hybridized carbons (Fsp3) is 0.667. The monoisotopic (exact) mass is 648 g/mol. The van der Waals surface area contributed by atoms with Crippen LogP contribution in [0.3, 0.4) is 0 Å². The smallest absolute Gasteiger partial charge is 0.417 e. The molecule has 0 amide bonds. The van der Waals surface area contributed by atoms with Crippen molar-refractivity contribution < 1.29 is 28.5 Å². The lowest BCUT2D eigenvalue weighted by Crippen LogP contribution is -2.27. The van der Waals surface area contributed by atoms with Crippen LogP contribution in [-0.4, -0.2) is 105 Å². The lowest BCUT2D eigenvalue weighted by molar-refractivity contribution is -0.173. The molecule has 2 aliphatic heterocycles. The van der Waals surface area contributed by atoms with E-state index in [1.54, 1.807) is 13.8 Å². The summed E-state index contributed by atoms with van der Waals surface area (Å²) in [5.74, 6) is -0.766. The highest BCUT2D eigenvalue weighted by molar-refractivity contribution is 6.99. The van der Waals surface area contributed by atoms with Gasteiger partial charge in [-0.2, -0.15) is 8.75 Å². The number of hydrogen-bond donors (Lipinski definition) is 0. The van der Waals surface area contributed by atoms with Gasteiger partial charge in [0.05, 0.1) is 48.9 Å². The van der Waals surface area contributed by atoms with Crippen LogP contribution in [-0.2, 0) is 19.1 Å². The standard InChI is InChI=1S/C30H44N6O6S2/c1-21(11-5-7-17-39-27-25(31-43-33-27)23-13-9-15-35(3)19-23)41-29(37)30(38)42-22(2)12-6-8-18-40-28-26(32-44-34-28)24-14-10-16-36(4)20-24/h13-14,21-22H,5-12,15-20H2,1-4H3. The van der Waals surface area contributed by atoms with Crippen molar-refractivity contribution in [3.05, 3.63) is 23.5 Å². The second-order valence-electron chi connectivity index (χ2n) is 11.5. The van der Waals surface area contributed by atoms with Crippen molar-refractivity contribution in [3.63, 3.8) is 0 Å². The van der Waals surface area contributed by atoms with Crippen LogP contribution in [0.5, 0.6) is 11.8 Å². The fourth-order valence-corrected chi connectivity index (χ4v) is 6.12. The third kappa shape index (κ3) is 10.6. The lowest BCUT2D eigenvalue weighted by atomic mass is 10.1. The number of carbonyl (C=O) groups excluding carboxylic acids is 2. The molecule has 0 saturated heterocycles. The SMILES string of the molecule is CC(CCCCOc1nsnc1C1=CCCN(C)C1)OC(=O)C(=O)OC(C)CCCCOc1nsnc1C1=CCCN(C)C1. The molecule has 0 spiro atoms. The minimum absolute atomic E-state index is 0.406. The molecule has 2 atom stereocenters. The molecule has 4 heterocycles. The molecule has 0 radical (unpaired) electrons. The van der Waals surface area contributed by atoms with Gasteiger partial charge in [0.1, 0.15) is 11.4 Å². The number of esters is 2. The first-order valence-corrected chi connectivity index (χ1v) is 16.8. The minimum Gasteiger partial charge on any atom is -0.475 e. The molecule has 12 nitrogen and oxygen atoms in total. The predicted molar refractivity (Wildman–Crippen MR) is 170 cm³/mol. The van der Waals surface area contributed by atoms with Crippen LogP contribution < -0.4 is 9.47 Å². The predicted octanol–water partition coefficient (Wildman–Crippen LogP) is 4.49. The second kappa shape index (κ2) is 17.5. The van der Waals surface area contributed by atoms with E-state index in [4.69, 9.17) is 18.9 Å². The van der Waals surface area contributed by atoms with E-state index >= 15 is 0 Å². The Morgan fingerprint density at radius 3 is 1.57 bits per heavy atom. The van der Waals surface area contributed by atoms with Gasteiger partial charge >= 0.3 is 11.9 Å². The maximum Gasteiger partial charge on any atom is 0.417 e. The molecule has 14 heteroatoms. The molecule has 0 fully saturated rings. The van der Waals surface area contributed by atoms with E-state index in [0.29, 0.717) is 37.8 Å². The van der Waals surface area contributed by atoms with Gasteiger partial charge in [0, 0.05) is 26.2 Å². The number of likely N-dealkylation sites (N-methyl/N-ethyl adjacent to an activating group) is 2. The number of ether oxygens (including phenoxy) is 4. The Balaban J connectivity index is 1.05. The normalized spacial score (nSPS) is 17.4. The van der Waals surface area contributed by atoms with E-state index in [1.807, 2.05) is 0 Å². The highest BCUT2D eigenvalue weighted by Gasteiger charge is 2.23. The Labute approximate surface area is 268 Å². The maximum atomic E-state index is 12.3. The third-order valence-electron chi connectivity index (χ3n) is 7.48. The molecule has 0 aromatic carbocycles. The van der Waals surface area contributed by atoms with Crippen molar-refractivity contribution in [2.75, 3.05) is 53.5 Å². The summed E-state index contributed by atoms with van der Waals surface area (Å²) in [6.45, 7) is 8.28. The van der Waals surface area contributed by atoms with E-state index in [9.17, 15) is 9.59 Å². The molecule has 242 valence electrons. The van der Waals surface area contributed by atoms with Gasteiger partial charge in [0.25, 0.3) is 11.8 Å². The molecule has 2 aliphatic rings. The molecule has 4 rings (SSSR count). The highest BCUT2D eigenvalue weighted by atomic mass is 32.1. The zero-order valence-corrected chi connectivity index (χ0v) is 27.8. The molecular formula is C30H44N6O6S2. The van der Waals surface area contributed by atoms with Crippen LogP contribution in [0.25, 0.3) is 11.1 Å². The first kappa shape index (κ1) is 33.9. The summed E-state index contributed by atoms with van der Waals surface area (Å²) in [5.41, 5.74) is 3.95. The van der Waals surface area contributed by atoms with Gasteiger partial charge in [-0.05, 0) is 90.5 Å². The second-order valence-corrected chi connectivity index (χ2v) is 12.5. The average molecular weight is 649 g/mol. The van der Waals surface area contributed by atoms with Gasteiger partial charge in [-0.3, -0.25) is 0 Å². The maximum absolute atomic E-state index is 12.3. The van der Waals surface area contributed by atoms with Gasteiger partial charge in [-0.25, -0.2) is 9.59 Å². The molecular weight excluding hydrogens is 605 g/mol. The number of aromatic nitrogens is 4. The van der Waals surface area contributed by atoms with Crippen molar-refractivity contribution in [1.82, 2.24) is 27.3 Å². The topological polar surface area (TPSA) is 129 Å². The summed E-state index contributed by atoms with van der Waals surface area (Å²) in [6.07, 6.45) is 9.87. The first-order chi connectivity index (χ1) is 21.3. The van der Waals surface area contributed by atoms with Crippen LogP contribution in [0.2, 0.25) is 0 Å². The molecule has 44 heavy (non-hydrogen) atoms.